The first-order chi connectivity index (χ1) is 12.5. The molecular weight excluding hydrogens is 338 g/mol. The van der Waals surface area contributed by atoms with Crippen LogP contribution in [0.25, 0.3) is 0 Å². The lowest BCUT2D eigenvalue weighted by atomic mass is 10.2. The largest absolute Gasteiger partial charge is 0.476 e. The first-order valence-corrected chi connectivity index (χ1v) is 8.29. The van der Waals surface area contributed by atoms with Crippen molar-refractivity contribution in [3.8, 4) is 5.75 Å². The number of aryl methyl sites for hydroxylation is 1. The Bertz CT molecular complexity index is 810. The van der Waals surface area contributed by atoms with Crippen LogP contribution in [0.2, 0.25) is 0 Å². The molecule has 138 valence electrons. The number of ether oxygens (including phenoxy) is 2. The van der Waals surface area contributed by atoms with Gasteiger partial charge in [0.25, 0.3) is 5.91 Å². The summed E-state index contributed by atoms with van der Waals surface area (Å²) in [5, 5.41) is 2.62. The average molecular weight is 359 g/mol. The van der Waals surface area contributed by atoms with Gasteiger partial charge in [-0.15, -0.1) is 0 Å². The maximum atomic E-state index is 11.9. The van der Waals surface area contributed by atoms with Gasteiger partial charge in [-0.3, -0.25) is 9.59 Å². The van der Waals surface area contributed by atoms with Crippen molar-refractivity contribution in [2.24, 2.45) is 0 Å². The van der Waals surface area contributed by atoms with E-state index < -0.39 is 11.9 Å². The Labute approximate surface area is 150 Å². The summed E-state index contributed by atoms with van der Waals surface area (Å²) >= 11 is 0. The van der Waals surface area contributed by atoms with Crippen molar-refractivity contribution >= 4 is 17.6 Å². The lowest BCUT2D eigenvalue weighted by Gasteiger charge is -2.09. The Kier molecular flexibility index (Phi) is 6.96. The van der Waals surface area contributed by atoms with E-state index in [2.05, 4.69) is 5.32 Å². The number of amides is 1. The lowest BCUT2D eigenvalue weighted by molar-refractivity contribution is -0.118. The first kappa shape index (κ1) is 19.2. The number of carbonyl (C=O) groups is 2. The maximum absolute atomic E-state index is 11.9. The van der Waals surface area contributed by atoms with Crippen molar-refractivity contribution < 1.29 is 23.5 Å². The number of carbonyl (C=O) groups excluding carboxylic acids is 2. The summed E-state index contributed by atoms with van der Waals surface area (Å²) in [5.41, 5.74) is 0.556. The van der Waals surface area contributed by atoms with E-state index in [1.807, 2.05) is 6.92 Å². The third-order valence-electron chi connectivity index (χ3n) is 3.49. The summed E-state index contributed by atoms with van der Waals surface area (Å²) in [7, 11) is 0. The van der Waals surface area contributed by atoms with Crippen LogP contribution in [-0.2, 0) is 9.53 Å². The molecule has 0 fully saturated rings. The van der Waals surface area contributed by atoms with E-state index in [0.29, 0.717) is 23.6 Å². The highest BCUT2D eigenvalue weighted by Crippen LogP contribution is 2.13. The number of nitrogens with one attached hydrogen (secondary N) is 1. The van der Waals surface area contributed by atoms with E-state index >= 15 is 0 Å². The molecule has 0 radical (unpaired) electrons. The molecule has 0 atom stereocenters. The Morgan fingerprint density at radius 1 is 1.15 bits per heavy atom. The molecule has 0 aliphatic heterocycles. The van der Waals surface area contributed by atoms with Crippen molar-refractivity contribution in [2.75, 3.05) is 18.5 Å². The summed E-state index contributed by atoms with van der Waals surface area (Å²) in [6, 6.07) is 7.55. The number of hydrogen-bond acceptors (Lipinski definition) is 6. The molecule has 0 aliphatic rings. The quantitative estimate of drug-likeness (QED) is 0.575. The van der Waals surface area contributed by atoms with E-state index in [-0.39, 0.29) is 17.8 Å². The van der Waals surface area contributed by atoms with Crippen molar-refractivity contribution in [1.82, 2.24) is 0 Å². The van der Waals surface area contributed by atoms with E-state index in [4.69, 9.17) is 13.9 Å². The molecule has 0 spiro atoms. The Balaban J connectivity index is 1.87. The van der Waals surface area contributed by atoms with Gasteiger partial charge in [0, 0.05) is 11.8 Å². The first-order valence-electron chi connectivity index (χ1n) is 8.29. The second-order valence-corrected chi connectivity index (χ2v) is 5.57. The molecule has 2 rings (SSSR count). The highest BCUT2D eigenvalue weighted by molar-refractivity contribution is 5.93. The van der Waals surface area contributed by atoms with Crippen LogP contribution in [0.3, 0.4) is 0 Å². The second kappa shape index (κ2) is 9.41. The zero-order chi connectivity index (χ0) is 18.9. The SMILES string of the molecule is CCCCOC(=O)c1ccc(NC(=O)COc2c(C)occc2=O)cc1. The van der Waals surface area contributed by atoms with Crippen LogP contribution in [0, 0.1) is 6.92 Å². The number of rotatable bonds is 8. The van der Waals surface area contributed by atoms with Gasteiger partial charge in [-0.2, -0.15) is 0 Å². The normalized spacial score (nSPS) is 10.2. The molecule has 7 nitrogen and oxygen atoms in total. The smallest absolute Gasteiger partial charge is 0.338 e. The molecule has 7 heteroatoms. The third-order valence-corrected chi connectivity index (χ3v) is 3.49. The van der Waals surface area contributed by atoms with Gasteiger partial charge < -0.3 is 19.2 Å². The molecule has 2 aromatic rings. The van der Waals surface area contributed by atoms with Gasteiger partial charge in [0.15, 0.2) is 6.61 Å². The minimum atomic E-state index is -0.439. The van der Waals surface area contributed by atoms with Crippen LogP contribution < -0.4 is 15.5 Å². The average Bonchev–Trinajstić information content (AvgIpc) is 2.62. The van der Waals surface area contributed by atoms with Crippen molar-refractivity contribution in [2.45, 2.75) is 26.7 Å². The van der Waals surface area contributed by atoms with Crippen LogP contribution in [0.5, 0.6) is 5.75 Å². The molecule has 26 heavy (non-hydrogen) atoms. The minimum Gasteiger partial charge on any atom is -0.476 e. The van der Waals surface area contributed by atoms with Crippen LogP contribution in [-0.4, -0.2) is 25.1 Å². The molecule has 0 aliphatic carbocycles. The Morgan fingerprint density at radius 2 is 1.88 bits per heavy atom. The molecule has 0 saturated carbocycles. The van der Waals surface area contributed by atoms with Crippen LogP contribution in [0.4, 0.5) is 5.69 Å². The topological polar surface area (TPSA) is 94.8 Å². The summed E-state index contributed by atoms with van der Waals surface area (Å²) < 4.78 is 15.4. The summed E-state index contributed by atoms with van der Waals surface area (Å²) in [4.78, 5) is 35.4. The van der Waals surface area contributed by atoms with Gasteiger partial charge in [0.05, 0.1) is 18.4 Å². The number of esters is 1. The fourth-order valence-corrected chi connectivity index (χ4v) is 2.09. The highest BCUT2D eigenvalue weighted by atomic mass is 16.5. The van der Waals surface area contributed by atoms with Gasteiger partial charge in [-0.25, -0.2) is 4.79 Å². The fraction of sp³-hybridized carbons (Fsp3) is 0.316. The second-order valence-electron chi connectivity index (χ2n) is 5.57. The van der Waals surface area contributed by atoms with Crippen molar-refractivity contribution in [3.05, 3.63) is 58.1 Å². The zero-order valence-corrected chi connectivity index (χ0v) is 14.7. The Morgan fingerprint density at radius 3 is 2.54 bits per heavy atom. The zero-order valence-electron chi connectivity index (χ0n) is 14.7. The maximum Gasteiger partial charge on any atom is 0.338 e. The van der Waals surface area contributed by atoms with Gasteiger partial charge in [-0.05, 0) is 37.6 Å². The molecule has 1 N–H and O–H groups in total. The van der Waals surface area contributed by atoms with Gasteiger partial charge in [-0.1, -0.05) is 13.3 Å². The van der Waals surface area contributed by atoms with E-state index in [0.717, 1.165) is 12.8 Å². The molecular formula is C19H21NO6. The molecule has 0 saturated heterocycles. The molecule has 1 aromatic carbocycles. The number of anilines is 1. The molecule has 0 bridgehead atoms. The fourth-order valence-electron chi connectivity index (χ4n) is 2.09. The van der Waals surface area contributed by atoms with Crippen molar-refractivity contribution in [3.63, 3.8) is 0 Å². The predicted molar refractivity (Wildman–Crippen MR) is 95.5 cm³/mol. The standard InChI is InChI=1S/C19H21NO6/c1-3-4-10-25-19(23)14-5-7-15(8-6-14)20-17(22)12-26-18-13(2)24-11-9-16(18)21/h5-9,11H,3-4,10,12H2,1-2H3,(H,20,22). The minimum absolute atomic E-state index is 0.00724. The number of benzene rings is 1. The summed E-state index contributed by atoms with van der Waals surface area (Å²) in [5.74, 6) is -0.527. The van der Waals surface area contributed by atoms with Gasteiger partial charge in [0.1, 0.15) is 5.76 Å². The van der Waals surface area contributed by atoms with Crippen molar-refractivity contribution in [1.29, 1.82) is 0 Å². The monoisotopic (exact) mass is 359 g/mol. The molecule has 1 aromatic heterocycles. The van der Waals surface area contributed by atoms with Gasteiger partial charge >= 0.3 is 5.97 Å². The van der Waals surface area contributed by atoms with E-state index in [1.54, 1.807) is 31.2 Å². The van der Waals surface area contributed by atoms with Crippen LogP contribution in [0.1, 0.15) is 35.9 Å². The number of hydrogen-bond donors (Lipinski definition) is 1. The van der Waals surface area contributed by atoms with E-state index in [1.165, 1.54) is 12.3 Å². The predicted octanol–water partition coefficient (Wildman–Crippen LogP) is 2.92. The lowest BCUT2D eigenvalue weighted by Crippen LogP contribution is -2.22. The third kappa shape index (κ3) is 5.47. The van der Waals surface area contributed by atoms with E-state index in [9.17, 15) is 14.4 Å². The molecule has 0 unspecified atom stereocenters. The molecule has 1 amide bonds. The molecule has 1 heterocycles. The Hall–Kier alpha value is -3.09. The summed E-state index contributed by atoms with van der Waals surface area (Å²) in [6.07, 6.45) is 3.03. The highest BCUT2D eigenvalue weighted by Gasteiger charge is 2.11. The number of unbranched alkanes of at least 4 members (excludes halogenated alkanes) is 1. The van der Waals surface area contributed by atoms with Crippen LogP contribution >= 0.6 is 0 Å². The summed E-state index contributed by atoms with van der Waals surface area (Å²) in [6.45, 7) is 3.64. The van der Waals surface area contributed by atoms with Crippen LogP contribution in [0.15, 0.2) is 45.8 Å². The van der Waals surface area contributed by atoms with Gasteiger partial charge in [0.2, 0.25) is 11.2 Å².